The lowest BCUT2D eigenvalue weighted by Gasteiger charge is -2.19. The van der Waals surface area contributed by atoms with Gasteiger partial charge in [-0.3, -0.25) is 4.98 Å². The van der Waals surface area contributed by atoms with Crippen molar-refractivity contribution in [2.45, 2.75) is 25.4 Å². The molecule has 1 atom stereocenters. The fourth-order valence-corrected chi connectivity index (χ4v) is 3.67. The standard InChI is InChI=1S/C21H20Cl2N4O2/c22-16-4-3-14(9-17(16)23)20(13-1-2-13)25-7-8-27-11-19(26-12-27)18-10-15(21(28)29)5-6-24-18/h3-6,9-13,20,25H,1-2,7-8H2,(H,28,29). The fraction of sp³-hybridized carbons (Fsp3) is 0.286. The predicted octanol–water partition coefficient (Wildman–Crippen LogP) is 4.69. The minimum Gasteiger partial charge on any atom is -0.478 e. The van der Waals surface area contributed by atoms with Gasteiger partial charge in [-0.2, -0.15) is 0 Å². The maximum absolute atomic E-state index is 11.1. The van der Waals surface area contributed by atoms with Gasteiger partial charge < -0.3 is 15.0 Å². The highest BCUT2D eigenvalue weighted by molar-refractivity contribution is 6.42. The van der Waals surface area contributed by atoms with Gasteiger partial charge in [0, 0.05) is 31.5 Å². The SMILES string of the molecule is O=C(O)c1ccnc(-c2cn(CCNC(c3ccc(Cl)c(Cl)c3)C3CC3)cn2)c1. The second-order valence-corrected chi connectivity index (χ2v) is 7.99. The van der Waals surface area contributed by atoms with E-state index in [9.17, 15) is 4.79 Å². The zero-order valence-corrected chi connectivity index (χ0v) is 17.1. The number of aromatic nitrogens is 3. The predicted molar refractivity (Wildman–Crippen MR) is 112 cm³/mol. The van der Waals surface area contributed by atoms with E-state index in [0.29, 0.717) is 27.4 Å². The van der Waals surface area contributed by atoms with E-state index in [-0.39, 0.29) is 11.6 Å². The molecule has 1 unspecified atom stereocenters. The van der Waals surface area contributed by atoms with Crippen molar-refractivity contribution in [1.82, 2.24) is 19.9 Å². The monoisotopic (exact) mass is 430 g/mol. The lowest BCUT2D eigenvalue weighted by atomic mass is 10.0. The Morgan fingerprint density at radius 2 is 2.00 bits per heavy atom. The van der Waals surface area contributed by atoms with Crippen molar-refractivity contribution < 1.29 is 9.90 Å². The summed E-state index contributed by atoms with van der Waals surface area (Å²) < 4.78 is 1.97. The van der Waals surface area contributed by atoms with Crippen molar-refractivity contribution in [1.29, 1.82) is 0 Å². The lowest BCUT2D eigenvalue weighted by molar-refractivity contribution is 0.0697. The van der Waals surface area contributed by atoms with Gasteiger partial charge in [0.05, 0.1) is 27.6 Å². The Morgan fingerprint density at radius 3 is 2.72 bits per heavy atom. The van der Waals surface area contributed by atoms with Crippen molar-refractivity contribution in [3.8, 4) is 11.4 Å². The summed E-state index contributed by atoms with van der Waals surface area (Å²) in [5.74, 6) is -0.362. The number of halogens is 2. The third kappa shape index (κ3) is 4.78. The first-order valence-electron chi connectivity index (χ1n) is 9.41. The Bertz CT molecular complexity index is 1030. The van der Waals surface area contributed by atoms with Gasteiger partial charge in [-0.15, -0.1) is 0 Å². The molecule has 0 bridgehead atoms. The van der Waals surface area contributed by atoms with E-state index < -0.39 is 5.97 Å². The summed E-state index contributed by atoms with van der Waals surface area (Å²) in [5.41, 5.74) is 2.54. The normalized spacial score (nSPS) is 14.7. The molecular weight excluding hydrogens is 411 g/mol. The van der Waals surface area contributed by atoms with Crippen molar-refractivity contribution >= 4 is 29.2 Å². The van der Waals surface area contributed by atoms with E-state index in [4.69, 9.17) is 28.3 Å². The molecule has 4 rings (SSSR count). The van der Waals surface area contributed by atoms with Gasteiger partial charge in [0.2, 0.25) is 0 Å². The molecule has 0 spiro atoms. The van der Waals surface area contributed by atoms with Crippen LogP contribution in [0.25, 0.3) is 11.4 Å². The maximum Gasteiger partial charge on any atom is 0.335 e. The number of nitrogens with one attached hydrogen (secondary N) is 1. The number of hydrogen-bond donors (Lipinski definition) is 2. The summed E-state index contributed by atoms with van der Waals surface area (Å²) in [4.78, 5) is 19.7. The molecule has 6 nitrogen and oxygen atoms in total. The first-order chi connectivity index (χ1) is 14.0. The molecule has 2 N–H and O–H groups in total. The van der Waals surface area contributed by atoms with Crippen LogP contribution in [0.2, 0.25) is 10.0 Å². The van der Waals surface area contributed by atoms with Crippen LogP contribution >= 0.6 is 23.2 Å². The van der Waals surface area contributed by atoms with E-state index >= 15 is 0 Å². The minimum atomic E-state index is -0.981. The molecule has 3 aromatic rings. The number of imidazole rings is 1. The number of aromatic carboxylic acids is 1. The van der Waals surface area contributed by atoms with Crippen LogP contribution in [-0.4, -0.2) is 32.2 Å². The highest BCUT2D eigenvalue weighted by Gasteiger charge is 2.32. The van der Waals surface area contributed by atoms with Crippen LogP contribution in [0, 0.1) is 5.92 Å². The van der Waals surface area contributed by atoms with Crippen molar-refractivity contribution in [2.75, 3.05) is 6.54 Å². The molecule has 0 radical (unpaired) electrons. The summed E-state index contributed by atoms with van der Waals surface area (Å²) in [6, 6.07) is 9.06. The summed E-state index contributed by atoms with van der Waals surface area (Å²) >= 11 is 12.2. The van der Waals surface area contributed by atoms with Gasteiger partial charge in [-0.05, 0) is 48.6 Å². The Kier molecular flexibility index (Phi) is 5.85. The summed E-state index contributed by atoms with van der Waals surface area (Å²) in [7, 11) is 0. The first-order valence-corrected chi connectivity index (χ1v) is 10.2. The number of hydrogen-bond acceptors (Lipinski definition) is 4. The molecule has 8 heteroatoms. The average molecular weight is 431 g/mol. The van der Waals surface area contributed by atoms with Gasteiger partial charge in [0.25, 0.3) is 0 Å². The first kappa shape index (κ1) is 19.9. The molecule has 29 heavy (non-hydrogen) atoms. The third-order valence-corrected chi connectivity index (χ3v) is 5.77. The van der Waals surface area contributed by atoms with E-state index in [1.54, 1.807) is 6.33 Å². The number of nitrogens with zero attached hydrogens (tertiary/aromatic N) is 3. The average Bonchev–Trinajstić information content (AvgIpc) is 3.45. The van der Waals surface area contributed by atoms with Gasteiger partial charge in [-0.1, -0.05) is 29.3 Å². The molecule has 150 valence electrons. The van der Waals surface area contributed by atoms with E-state index in [1.165, 1.54) is 31.2 Å². The molecule has 1 aliphatic carbocycles. The second kappa shape index (κ2) is 8.53. The quantitative estimate of drug-likeness (QED) is 0.541. The number of benzene rings is 1. The number of carboxylic acids is 1. The topological polar surface area (TPSA) is 80.0 Å². The minimum absolute atomic E-state index is 0.195. The van der Waals surface area contributed by atoms with Gasteiger partial charge in [-0.25, -0.2) is 9.78 Å². The van der Waals surface area contributed by atoms with Gasteiger partial charge in [0.1, 0.15) is 5.69 Å². The Morgan fingerprint density at radius 1 is 1.17 bits per heavy atom. The molecular formula is C21H20Cl2N4O2. The Hall–Kier alpha value is -2.41. The Balaban J connectivity index is 1.40. The largest absolute Gasteiger partial charge is 0.478 e. The summed E-state index contributed by atoms with van der Waals surface area (Å²) in [5, 5.41) is 13.9. The zero-order valence-electron chi connectivity index (χ0n) is 15.6. The third-order valence-electron chi connectivity index (χ3n) is 5.03. The number of pyridine rings is 1. The molecule has 0 amide bonds. The van der Waals surface area contributed by atoms with Crippen LogP contribution in [0.3, 0.4) is 0 Å². The van der Waals surface area contributed by atoms with Crippen LogP contribution < -0.4 is 5.32 Å². The van der Waals surface area contributed by atoms with Crippen LogP contribution in [0.5, 0.6) is 0 Å². The maximum atomic E-state index is 11.1. The number of carboxylic acid groups (broad SMARTS) is 1. The lowest BCUT2D eigenvalue weighted by Crippen LogP contribution is -2.26. The molecule has 1 aromatic carbocycles. The molecule has 2 aromatic heterocycles. The van der Waals surface area contributed by atoms with Crippen LogP contribution in [-0.2, 0) is 6.54 Å². The van der Waals surface area contributed by atoms with E-state index in [1.807, 2.05) is 29.0 Å². The molecule has 1 fully saturated rings. The van der Waals surface area contributed by atoms with Crippen molar-refractivity contribution in [3.63, 3.8) is 0 Å². The molecule has 0 saturated heterocycles. The smallest absolute Gasteiger partial charge is 0.335 e. The number of rotatable bonds is 8. The fourth-order valence-electron chi connectivity index (χ4n) is 3.36. The van der Waals surface area contributed by atoms with Crippen molar-refractivity contribution in [3.05, 3.63) is 70.2 Å². The van der Waals surface area contributed by atoms with Crippen LogP contribution in [0.15, 0.2) is 49.1 Å². The van der Waals surface area contributed by atoms with Crippen LogP contribution in [0.1, 0.15) is 34.8 Å². The Labute approximate surface area is 178 Å². The molecule has 1 saturated carbocycles. The summed E-state index contributed by atoms with van der Waals surface area (Å²) in [6.07, 6.45) is 7.51. The highest BCUT2D eigenvalue weighted by Crippen LogP contribution is 2.42. The summed E-state index contributed by atoms with van der Waals surface area (Å²) in [6.45, 7) is 1.50. The molecule has 1 aliphatic rings. The zero-order chi connectivity index (χ0) is 20.4. The number of carbonyl (C=O) groups is 1. The molecule has 2 heterocycles. The van der Waals surface area contributed by atoms with Crippen LogP contribution in [0.4, 0.5) is 0 Å². The highest BCUT2D eigenvalue weighted by atomic mass is 35.5. The van der Waals surface area contributed by atoms with Gasteiger partial charge >= 0.3 is 5.97 Å². The van der Waals surface area contributed by atoms with Gasteiger partial charge in [0.15, 0.2) is 0 Å². The van der Waals surface area contributed by atoms with E-state index in [0.717, 1.165) is 18.7 Å². The van der Waals surface area contributed by atoms with E-state index in [2.05, 4.69) is 15.3 Å². The second-order valence-electron chi connectivity index (χ2n) is 7.17. The van der Waals surface area contributed by atoms with Crippen molar-refractivity contribution in [2.24, 2.45) is 5.92 Å². The molecule has 0 aliphatic heterocycles.